The number of thiophene rings is 1. The van der Waals surface area contributed by atoms with Gasteiger partial charge in [0.1, 0.15) is 0 Å². The zero-order valence-electron chi connectivity index (χ0n) is 6.00. The first kappa shape index (κ1) is 8.07. The van der Waals surface area contributed by atoms with E-state index in [1.165, 1.54) is 23.1 Å². The van der Waals surface area contributed by atoms with Crippen molar-refractivity contribution in [3.63, 3.8) is 0 Å². The van der Waals surface area contributed by atoms with E-state index in [1.54, 1.807) is 0 Å². The van der Waals surface area contributed by atoms with Gasteiger partial charge in [-0.1, -0.05) is 11.3 Å². The number of ether oxygens (including phenoxy) is 1. The summed E-state index contributed by atoms with van der Waals surface area (Å²) in [5.41, 5.74) is 0. The Balaban J connectivity index is 2.40. The van der Waals surface area contributed by atoms with E-state index in [4.69, 9.17) is 0 Å². The highest BCUT2D eigenvalue weighted by Crippen LogP contribution is 2.44. The minimum atomic E-state index is -0.371. The Kier molecular flexibility index (Phi) is 2.06. The molecule has 1 aromatic rings. The molecule has 2 rings (SSSR count). The maximum Gasteiger partial charge on any atom is 0.299 e. The van der Waals surface area contributed by atoms with Gasteiger partial charge < -0.3 is 4.74 Å². The maximum absolute atomic E-state index is 13.2. The van der Waals surface area contributed by atoms with Crippen LogP contribution in [-0.2, 0) is 11.2 Å². The predicted molar refractivity (Wildman–Crippen MR) is 45.4 cm³/mol. The van der Waals surface area contributed by atoms with E-state index >= 15 is 0 Å². The van der Waals surface area contributed by atoms with Gasteiger partial charge in [-0.25, -0.2) is 4.39 Å². The average Bonchev–Trinajstić information content (AvgIpc) is 2.58. The summed E-state index contributed by atoms with van der Waals surface area (Å²) >= 11 is 2.70. The van der Waals surface area contributed by atoms with Gasteiger partial charge in [0.2, 0.25) is 5.06 Å². The van der Waals surface area contributed by atoms with Crippen LogP contribution < -0.4 is 4.74 Å². The first-order valence-electron chi connectivity index (χ1n) is 3.37. The van der Waals surface area contributed by atoms with Crippen molar-refractivity contribution >= 4 is 29.6 Å². The number of carbonyl (C=O) groups excluding carboxylic acids is 1. The summed E-state index contributed by atoms with van der Waals surface area (Å²) in [5, 5.41) is 0.0993. The first-order chi connectivity index (χ1) is 5.83. The van der Waals surface area contributed by atoms with Gasteiger partial charge in [0.25, 0.3) is 6.47 Å². The van der Waals surface area contributed by atoms with Crippen LogP contribution in [0.5, 0.6) is 5.06 Å². The summed E-state index contributed by atoms with van der Waals surface area (Å²) in [6.45, 7) is 0.259. The minimum absolute atomic E-state index is 0.0993. The van der Waals surface area contributed by atoms with Gasteiger partial charge in [0.15, 0.2) is 5.82 Å². The molecule has 2 heterocycles. The summed E-state index contributed by atoms with van der Waals surface area (Å²) < 4.78 is 17.7. The number of hydrogen-bond acceptors (Lipinski definition) is 4. The number of aryl methyl sites for hydroxylation is 1. The standard InChI is InChI=1S/C7H5FO2S2/c8-5-6-4(1-2-11-6)12-7(5)10-3-9/h3H,1-2H2. The van der Waals surface area contributed by atoms with Crippen LogP contribution >= 0.6 is 23.1 Å². The zero-order valence-corrected chi connectivity index (χ0v) is 7.64. The molecule has 12 heavy (non-hydrogen) atoms. The Labute approximate surface area is 76.7 Å². The Morgan fingerprint density at radius 1 is 1.58 bits per heavy atom. The molecule has 0 saturated heterocycles. The average molecular weight is 204 g/mol. The molecule has 5 heteroatoms. The van der Waals surface area contributed by atoms with Gasteiger partial charge in [-0.15, -0.1) is 11.8 Å². The monoisotopic (exact) mass is 204 g/mol. The fourth-order valence-electron chi connectivity index (χ4n) is 1.09. The topological polar surface area (TPSA) is 26.3 Å². The first-order valence-corrected chi connectivity index (χ1v) is 5.17. The van der Waals surface area contributed by atoms with Crippen molar-refractivity contribution < 1.29 is 13.9 Å². The van der Waals surface area contributed by atoms with E-state index in [9.17, 15) is 9.18 Å². The molecule has 0 aliphatic carbocycles. The Morgan fingerprint density at radius 2 is 2.42 bits per heavy atom. The maximum atomic E-state index is 13.2. The molecule has 0 amide bonds. The number of halogens is 1. The van der Waals surface area contributed by atoms with E-state index in [1.807, 2.05) is 0 Å². The van der Waals surface area contributed by atoms with E-state index in [-0.39, 0.29) is 17.4 Å². The van der Waals surface area contributed by atoms with Gasteiger partial charge in [-0.3, -0.25) is 4.79 Å². The second-order valence-corrected chi connectivity index (χ2v) is 4.44. The summed E-state index contributed by atoms with van der Waals surface area (Å²) in [6.07, 6.45) is 0.879. The fraction of sp³-hybridized carbons (Fsp3) is 0.286. The molecular weight excluding hydrogens is 199 g/mol. The normalized spacial score (nSPS) is 14.4. The molecule has 1 aliphatic rings. The largest absolute Gasteiger partial charge is 0.414 e. The van der Waals surface area contributed by atoms with Crippen LogP contribution in [0.1, 0.15) is 4.88 Å². The highest BCUT2D eigenvalue weighted by atomic mass is 32.2. The van der Waals surface area contributed by atoms with Crippen molar-refractivity contribution in [1.82, 2.24) is 0 Å². The molecule has 0 N–H and O–H groups in total. The van der Waals surface area contributed by atoms with Crippen LogP contribution in [0.3, 0.4) is 0 Å². The lowest BCUT2D eigenvalue weighted by Crippen LogP contribution is -1.87. The Bertz CT molecular complexity index is 321. The lowest BCUT2D eigenvalue weighted by atomic mass is 10.4. The summed E-state index contributed by atoms with van der Waals surface area (Å²) in [5.74, 6) is 0.559. The molecule has 0 atom stereocenters. The smallest absolute Gasteiger partial charge is 0.299 e. The van der Waals surface area contributed by atoms with Crippen molar-refractivity contribution in [3.05, 3.63) is 10.7 Å². The third-order valence-electron chi connectivity index (χ3n) is 1.58. The lowest BCUT2D eigenvalue weighted by molar-refractivity contribution is -0.120. The van der Waals surface area contributed by atoms with E-state index in [0.717, 1.165) is 17.1 Å². The molecule has 0 saturated carbocycles. The van der Waals surface area contributed by atoms with Gasteiger partial charge in [0, 0.05) is 10.6 Å². The lowest BCUT2D eigenvalue weighted by Gasteiger charge is -1.92. The number of carbonyl (C=O) groups is 1. The quantitative estimate of drug-likeness (QED) is 0.690. The number of thioether (sulfide) groups is 1. The molecule has 0 spiro atoms. The second-order valence-electron chi connectivity index (χ2n) is 2.27. The molecule has 1 aliphatic heterocycles. The number of fused-ring (bicyclic) bond motifs is 1. The van der Waals surface area contributed by atoms with Crippen LogP contribution in [0.15, 0.2) is 4.90 Å². The molecule has 0 bridgehead atoms. The molecule has 0 aromatic carbocycles. The van der Waals surface area contributed by atoms with E-state index < -0.39 is 0 Å². The summed E-state index contributed by atoms with van der Waals surface area (Å²) in [6, 6.07) is 0. The molecule has 0 unspecified atom stereocenters. The van der Waals surface area contributed by atoms with Crippen LogP contribution in [0.4, 0.5) is 4.39 Å². The van der Waals surface area contributed by atoms with Crippen molar-refractivity contribution in [3.8, 4) is 5.06 Å². The van der Waals surface area contributed by atoms with Crippen LogP contribution in [0, 0.1) is 5.82 Å². The minimum Gasteiger partial charge on any atom is -0.414 e. The third kappa shape index (κ3) is 1.13. The Morgan fingerprint density at radius 3 is 3.08 bits per heavy atom. The number of hydrogen-bond donors (Lipinski definition) is 0. The van der Waals surface area contributed by atoms with Crippen molar-refractivity contribution in [2.45, 2.75) is 11.3 Å². The summed E-state index contributed by atoms with van der Waals surface area (Å²) in [4.78, 5) is 11.6. The highest BCUT2D eigenvalue weighted by Gasteiger charge is 2.23. The zero-order chi connectivity index (χ0) is 8.55. The fourth-order valence-corrected chi connectivity index (χ4v) is 3.47. The van der Waals surface area contributed by atoms with Gasteiger partial charge in [-0.05, 0) is 6.42 Å². The van der Waals surface area contributed by atoms with Crippen molar-refractivity contribution in [2.24, 2.45) is 0 Å². The highest BCUT2D eigenvalue weighted by molar-refractivity contribution is 7.99. The van der Waals surface area contributed by atoms with Gasteiger partial charge in [-0.2, -0.15) is 0 Å². The van der Waals surface area contributed by atoms with Crippen molar-refractivity contribution in [1.29, 1.82) is 0 Å². The molecule has 0 fully saturated rings. The third-order valence-corrected chi connectivity index (χ3v) is 3.95. The predicted octanol–water partition coefficient (Wildman–Crippen LogP) is 2.07. The molecule has 2 nitrogen and oxygen atoms in total. The van der Waals surface area contributed by atoms with Crippen LogP contribution in [-0.4, -0.2) is 12.2 Å². The second kappa shape index (κ2) is 3.06. The number of rotatable bonds is 2. The van der Waals surface area contributed by atoms with E-state index in [2.05, 4.69) is 4.74 Å². The van der Waals surface area contributed by atoms with Gasteiger partial charge in [0.05, 0.1) is 4.90 Å². The van der Waals surface area contributed by atoms with E-state index in [0.29, 0.717) is 4.90 Å². The van der Waals surface area contributed by atoms with Crippen LogP contribution in [0.2, 0.25) is 0 Å². The SMILES string of the molecule is O=COc1sc2c(c1F)SCC2. The molecular formula is C7H5FO2S2. The van der Waals surface area contributed by atoms with Crippen LogP contribution in [0.25, 0.3) is 0 Å². The molecule has 0 radical (unpaired) electrons. The molecule has 64 valence electrons. The Hall–Kier alpha value is -0.550. The van der Waals surface area contributed by atoms with Gasteiger partial charge >= 0.3 is 0 Å². The summed E-state index contributed by atoms with van der Waals surface area (Å²) in [7, 11) is 0. The van der Waals surface area contributed by atoms with Crippen molar-refractivity contribution in [2.75, 3.05) is 5.75 Å². The molecule has 1 aromatic heterocycles.